The SMILES string of the molecule is COc1ccc(NC(=O)NC2CCC(C)CC2)cc1. The second-order valence-electron chi connectivity index (χ2n) is 5.28. The number of urea groups is 1. The quantitative estimate of drug-likeness (QED) is 0.877. The number of amides is 2. The lowest BCUT2D eigenvalue weighted by molar-refractivity contribution is 0.239. The number of hydrogen-bond acceptors (Lipinski definition) is 2. The summed E-state index contributed by atoms with van der Waals surface area (Å²) in [5.74, 6) is 1.58. The van der Waals surface area contributed by atoms with Crippen LogP contribution in [0.15, 0.2) is 24.3 Å². The minimum atomic E-state index is -0.121. The summed E-state index contributed by atoms with van der Waals surface area (Å²) in [4.78, 5) is 11.9. The van der Waals surface area contributed by atoms with Crippen molar-refractivity contribution in [2.45, 2.75) is 38.6 Å². The third-order valence-electron chi connectivity index (χ3n) is 3.70. The van der Waals surface area contributed by atoms with E-state index in [0.717, 1.165) is 30.2 Å². The zero-order valence-corrected chi connectivity index (χ0v) is 11.6. The van der Waals surface area contributed by atoms with E-state index in [1.165, 1.54) is 12.8 Å². The molecule has 0 heterocycles. The van der Waals surface area contributed by atoms with Crippen molar-refractivity contribution in [2.24, 2.45) is 5.92 Å². The van der Waals surface area contributed by atoms with Crippen molar-refractivity contribution in [1.82, 2.24) is 5.32 Å². The lowest BCUT2D eigenvalue weighted by atomic mass is 9.87. The highest BCUT2D eigenvalue weighted by atomic mass is 16.5. The first-order chi connectivity index (χ1) is 9.17. The predicted molar refractivity (Wildman–Crippen MR) is 76.6 cm³/mol. The third kappa shape index (κ3) is 4.16. The number of carbonyl (C=O) groups is 1. The molecule has 0 spiro atoms. The second-order valence-corrected chi connectivity index (χ2v) is 5.28. The molecular formula is C15H22N2O2. The van der Waals surface area contributed by atoms with Crippen molar-refractivity contribution >= 4 is 11.7 Å². The maximum absolute atomic E-state index is 11.9. The third-order valence-corrected chi connectivity index (χ3v) is 3.70. The molecule has 4 nitrogen and oxygen atoms in total. The Labute approximate surface area is 114 Å². The van der Waals surface area contributed by atoms with E-state index in [9.17, 15) is 4.79 Å². The molecule has 1 aliphatic rings. The molecule has 2 rings (SSSR count). The van der Waals surface area contributed by atoms with Crippen LogP contribution < -0.4 is 15.4 Å². The normalized spacial score (nSPS) is 22.6. The van der Waals surface area contributed by atoms with Crippen LogP contribution in [0.3, 0.4) is 0 Å². The molecule has 0 bridgehead atoms. The molecule has 2 N–H and O–H groups in total. The van der Waals surface area contributed by atoms with Gasteiger partial charge in [-0.2, -0.15) is 0 Å². The van der Waals surface area contributed by atoms with Gasteiger partial charge in [0.1, 0.15) is 5.75 Å². The van der Waals surface area contributed by atoms with Crippen LogP contribution in [0.25, 0.3) is 0 Å². The Hall–Kier alpha value is -1.71. The summed E-state index contributed by atoms with van der Waals surface area (Å²) in [5, 5.41) is 5.88. The second kappa shape index (κ2) is 6.45. The van der Waals surface area contributed by atoms with Gasteiger partial charge in [0.25, 0.3) is 0 Å². The molecule has 1 fully saturated rings. The lowest BCUT2D eigenvalue weighted by Crippen LogP contribution is -2.39. The molecule has 1 saturated carbocycles. The van der Waals surface area contributed by atoms with E-state index in [4.69, 9.17) is 4.74 Å². The highest BCUT2D eigenvalue weighted by molar-refractivity contribution is 5.89. The number of nitrogens with one attached hydrogen (secondary N) is 2. The van der Waals surface area contributed by atoms with Gasteiger partial charge in [0.05, 0.1) is 7.11 Å². The molecule has 0 aromatic heterocycles. The monoisotopic (exact) mass is 262 g/mol. The number of rotatable bonds is 3. The summed E-state index contributed by atoms with van der Waals surface area (Å²) in [6.07, 6.45) is 4.56. The van der Waals surface area contributed by atoms with Crippen molar-refractivity contribution in [2.75, 3.05) is 12.4 Å². The maximum atomic E-state index is 11.9. The van der Waals surface area contributed by atoms with Crippen LogP contribution in [-0.2, 0) is 0 Å². The van der Waals surface area contributed by atoms with E-state index < -0.39 is 0 Å². The molecule has 0 unspecified atom stereocenters. The van der Waals surface area contributed by atoms with Gasteiger partial charge >= 0.3 is 6.03 Å². The van der Waals surface area contributed by atoms with Crippen LogP contribution in [0.5, 0.6) is 5.75 Å². The Kier molecular flexibility index (Phi) is 4.66. The first kappa shape index (κ1) is 13.7. The van der Waals surface area contributed by atoms with Gasteiger partial charge in [-0.15, -0.1) is 0 Å². The molecule has 1 aliphatic carbocycles. The van der Waals surface area contributed by atoms with Gasteiger partial charge in [0.15, 0.2) is 0 Å². The number of carbonyl (C=O) groups excluding carboxylic acids is 1. The first-order valence-corrected chi connectivity index (χ1v) is 6.89. The van der Waals surface area contributed by atoms with Crippen LogP contribution in [0.2, 0.25) is 0 Å². The average molecular weight is 262 g/mol. The Bertz CT molecular complexity index is 409. The van der Waals surface area contributed by atoms with E-state index in [0.29, 0.717) is 6.04 Å². The number of methoxy groups -OCH3 is 1. The highest BCUT2D eigenvalue weighted by Gasteiger charge is 2.19. The summed E-state index contributed by atoms with van der Waals surface area (Å²) in [6.45, 7) is 2.27. The maximum Gasteiger partial charge on any atom is 0.319 e. The Morgan fingerprint density at radius 3 is 2.37 bits per heavy atom. The van der Waals surface area contributed by atoms with Crippen LogP contribution in [-0.4, -0.2) is 19.2 Å². The summed E-state index contributed by atoms with van der Waals surface area (Å²) >= 11 is 0. The van der Waals surface area contributed by atoms with Crippen molar-refractivity contribution in [3.63, 3.8) is 0 Å². The zero-order valence-electron chi connectivity index (χ0n) is 11.6. The van der Waals surface area contributed by atoms with Gasteiger partial charge in [-0.05, 0) is 55.9 Å². The Balaban J connectivity index is 1.80. The zero-order chi connectivity index (χ0) is 13.7. The summed E-state index contributed by atoms with van der Waals surface area (Å²) in [6, 6.07) is 7.53. The Morgan fingerprint density at radius 2 is 1.79 bits per heavy atom. The number of ether oxygens (including phenoxy) is 1. The smallest absolute Gasteiger partial charge is 0.319 e. The Morgan fingerprint density at radius 1 is 1.16 bits per heavy atom. The first-order valence-electron chi connectivity index (χ1n) is 6.89. The van der Waals surface area contributed by atoms with E-state index in [-0.39, 0.29) is 6.03 Å². The molecule has 0 saturated heterocycles. The largest absolute Gasteiger partial charge is 0.497 e. The molecule has 4 heteroatoms. The predicted octanol–water partition coefficient (Wildman–Crippen LogP) is 3.40. The number of benzene rings is 1. The average Bonchev–Trinajstić information content (AvgIpc) is 2.42. The molecule has 1 aromatic rings. The van der Waals surface area contributed by atoms with E-state index in [2.05, 4.69) is 17.6 Å². The summed E-state index contributed by atoms with van der Waals surface area (Å²) < 4.78 is 5.08. The van der Waals surface area contributed by atoms with Gasteiger partial charge in [0.2, 0.25) is 0 Å². The van der Waals surface area contributed by atoms with Crippen LogP contribution in [0.1, 0.15) is 32.6 Å². The molecule has 104 valence electrons. The lowest BCUT2D eigenvalue weighted by Gasteiger charge is -2.26. The van der Waals surface area contributed by atoms with Gasteiger partial charge in [-0.3, -0.25) is 0 Å². The summed E-state index contributed by atoms with van der Waals surface area (Å²) in [5.41, 5.74) is 0.780. The molecule has 0 radical (unpaired) electrons. The molecule has 19 heavy (non-hydrogen) atoms. The molecule has 2 amide bonds. The fourth-order valence-electron chi connectivity index (χ4n) is 2.43. The van der Waals surface area contributed by atoms with Gasteiger partial charge in [0, 0.05) is 11.7 Å². The molecule has 0 atom stereocenters. The van der Waals surface area contributed by atoms with Crippen LogP contribution in [0.4, 0.5) is 10.5 Å². The fourth-order valence-corrected chi connectivity index (χ4v) is 2.43. The van der Waals surface area contributed by atoms with Crippen LogP contribution in [0, 0.1) is 5.92 Å². The van der Waals surface area contributed by atoms with Crippen LogP contribution >= 0.6 is 0 Å². The number of anilines is 1. The topological polar surface area (TPSA) is 50.4 Å². The van der Waals surface area contributed by atoms with E-state index >= 15 is 0 Å². The highest BCUT2D eigenvalue weighted by Crippen LogP contribution is 2.23. The van der Waals surface area contributed by atoms with E-state index in [1.54, 1.807) is 7.11 Å². The van der Waals surface area contributed by atoms with Gasteiger partial charge in [-0.1, -0.05) is 6.92 Å². The van der Waals surface area contributed by atoms with Crippen molar-refractivity contribution in [3.8, 4) is 5.75 Å². The minimum Gasteiger partial charge on any atom is -0.497 e. The minimum absolute atomic E-state index is 0.121. The van der Waals surface area contributed by atoms with Crippen molar-refractivity contribution < 1.29 is 9.53 Å². The molecule has 0 aliphatic heterocycles. The van der Waals surface area contributed by atoms with Gasteiger partial charge < -0.3 is 15.4 Å². The van der Waals surface area contributed by atoms with Gasteiger partial charge in [-0.25, -0.2) is 4.79 Å². The fraction of sp³-hybridized carbons (Fsp3) is 0.533. The molecular weight excluding hydrogens is 240 g/mol. The molecule has 1 aromatic carbocycles. The van der Waals surface area contributed by atoms with Crippen molar-refractivity contribution in [3.05, 3.63) is 24.3 Å². The summed E-state index contributed by atoms with van der Waals surface area (Å²) in [7, 11) is 1.62. The van der Waals surface area contributed by atoms with Crippen molar-refractivity contribution in [1.29, 1.82) is 0 Å². The standard InChI is InChI=1S/C15H22N2O2/c1-11-3-5-12(6-4-11)16-15(18)17-13-7-9-14(19-2)10-8-13/h7-12H,3-6H2,1-2H3,(H2,16,17,18). The van der Waals surface area contributed by atoms with E-state index in [1.807, 2.05) is 24.3 Å². The number of hydrogen-bond donors (Lipinski definition) is 2.